The molecule has 1 amide bonds. The van der Waals surface area contributed by atoms with Crippen LogP contribution in [0.1, 0.15) is 113 Å². The highest BCUT2D eigenvalue weighted by atomic mass is 32.1. The summed E-state index contributed by atoms with van der Waals surface area (Å²) in [7, 11) is 0. The summed E-state index contributed by atoms with van der Waals surface area (Å²) in [6.07, 6.45) is 11.0. The van der Waals surface area contributed by atoms with E-state index in [-0.39, 0.29) is 34.7 Å². The summed E-state index contributed by atoms with van der Waals surface area (Å²) >= 11 is 4.13. The molecule has 86 heavy (non-hydrogen) atoms. The van der Waals surface area contributed by atoms with Crippen LogP contribution in [-0.4, -0.2) is 164 Å². The fraction of sp³-hybridized carbons (Fsp3) is 0.431. The molecule has 28 heteroatoms. The smallest absolute Gasteiger partial charge is 0.271 e. The van der Waals surface area contributed by atoms with Gasteiger partial charge in [0, 0.05) is 96.9 Å². The van der Waals surface area contributed by atoms with Crippen molar-refractivity contribution >= 4 is 88.4 Å². The van der Waals surface area contributed by atoms with Crippen LogP contribution in [0, 0.1) is 47.0 Å². The van der Waals surface area contributed by atoms with Gasteiger partial charge in [0.05, 0.1) is 102 Å². The molecule has 3 saturated heterocycles. The molecule has 12 heterocycles. The van der Waals surface area contributed by atoms with Crippen molar-refractivity contribution in [3.63, 3.8) is 0 Å². The molecule has 3 atom stereocenters. The van der Waals surface area contributed by atoms with Crippen molar-refractivity contribution in [2.24, 2.45) is 0 Å². The molecule has 0 aromatic carbocycles. The van der Waals surface area contributed by atoms with Gasteiger partial charge in [-0.05, 0) is 65.7 Å². The van der Waals surface area contributed by atoms with E-state index in [2.05, 4.69) is 69.6 Å². The molecule has 0 spiro atoms. The average molecular weight is 1220 g/mol. The summed E-state index contributed by atoms with van der Waals surface area (Å²) in [6.45, 7) is 16.5. The van der Waals surface area contributed by atoms with Gasteiger partial charge in [0.1, 0.15) is 52.7 Å². The van der Waals surface area contributed by atoms with Crippen LogP contribution in [0.2, 0.25) is 0 Å². The molecule has 3 aliphatic rings. The van der Waals surface area contributed by atoms with E-state index in [4.69, 9.17) is 30.2 Å². The first-order valence-electron chi connectivity index (χ1n) is 28.4. The number of nitriles is 2. The molecule has 0 radical (unpaired) electrons. The van der Waals surface area contributed by atoms with Crippen LogP contribution in [0.3, 0.4) is 0 Å². The molecule has 0 aliphatic carbocycles. The number of hydrogen-bond donors (Lipinski definition) is 1. The number of aryl methyl sites for hydroxylation is 3. The van der Waals surface area contributed by atoms with Gasteiger partial charge in [0.2, 0.25) is 0 Å². The van der Waals surface area contributed by atoms with Crippen molar-refractivity contribution in [2.45, 2.75) is 84.0 Å². The second kappa shape index (κ2) is 24.7. The van der Waals surface area contributed by atoms with Gasteiger partial charge in [0.15, 0.2) is 28.3 Å². The second-order valence-electron chi connectivity index (χ2n) is 22.5. The van der Waals surface area contributed by atoms with E-state index >= 15 is 13.2 Å². The minimum Gasteiger partial charge on any atom is -0.353 e. The summed E-state index contributed by atoms with van der Waals surface area (Å²) in [5.41, 5.74) is 2.51. The number of rotatable bonds is 16. The molecular weight excluding hydrogens is 1160 g/mol. The molecule has 3 aliphatic heterocycles. The number of hydrogen-bond acceptors (Lipinski definition) is 24. The normalized spacial score (nSPS) is 16.8. The lowest BCUT2D eigenvalue weighted by Gasteiger charge is -2.39. The molecule has 9 aromatic heterocycles. The molecule has 9 aromatic rings. The zero-order valence-corrected chi connectivity index (χ0v) is 50.4. The minimum atomic E-state index is -0.515. The zero-order valence-electron chi connectivity index (χ0n) is 48.0. The third kappa shape index (κ3) is 12.7. The highest BCUT2D eigenvalue weighted by molar-refractivity contribution is 7.19. The van der Waals surface area contributed by atoms with Crippen molar-refractivity contribution in [1.29, 1.82) is 10.5 Å². The Kier molecular flexibility index (Phi) is 16.7. The molecule has 2 unspecified atom stereocenters. The average Bonchev–Trinajstić information content (AvgIpc) is 3.70. The molecule has 12 rings (SSSR count). The van der Waals surface area contributed by atoms with Crippen molar-refractivity contribution < 1.29 is 18.0 Å². The van der Waals surface area contributed by atoms with E-state index in [1.165, 1.54) is 70.8 Å². The predicted octanol–water partition coefficient (Wildman–Crippen LogP) is 7.94. The lowest BCUT2D eigenvalue weighted by Crippen LogP contribution is -2.48. The van der Waals surface area contributed by atoms with E-state index in [9.17, 15) is 10.1 Å². The molecule has 0 saturated carbocycles. The number of anilines is 3. The Labute approximate surface area is 505 Å². The number of aromatic nitrogens is 12. The number of carbonyl (C=O) groups is 1. The maximum atomic E-state index is 17.0. The van der Waals surface area contributed by atoms with Crippen LogP contribution >= 0.6 is 34.0 Å². The highest BCUT2D eigenvalue weighted by Gasteiger charge is 2.34. The largest absolute Gasteiger partial charge is 0.353 e. The minimum absolute atomic E-state index is 0.218. The fourth-order valence-electron chi connectivity index (χ4n) is 11.4. The summed E-state index contributed by atoms with van der Waals surface area (Å²) in [5.74, 6) is 0.377. The van der Waals surface area contributed by atoms with Gasteiger partial charge < -0.3 is 20.0 Å². The molecule has 3 fully saturated rings. The zero-order chi connectivity index (χ0) is 59.8. The Balaban J connectivity index is 0.782. The molecular formula is C58H60F3N21OS3. The standard InChI is InChI=1S/C58H60F3N21OS3/c1-33(77-10-16-80(17-11-77)46-30-64-35(25-62)27-67-46)51-37(59)22-44-55(73-51)71-49(85-44)8-7-42(79-14-20-82(21-15-79)48-32-66-40(29-69-48)57(83)76-58(3,4)5)53-39(61)24-45-56(75-53)72-50(86-45)9-6-41(52-38(60)23-43-54(74-52)70-34(2)84-43)78-12-18-81(19-13-78)47-31-65-36(26-63)28-68-47/h22-24,27-33,41-42H,6-21H2,1-5H3,(H,76,83)/t33?,41-,42?/m1/s1. The number of pyridine rings is 3. The maximum absolute atomic E-state index is 17.0. The van der Waals surface area contributed by atoms with E-state index in [1.54, 1.807) is 18.6 Å². The molecule has 1 N–H and O–H groups in total. The quantitative estimate of drug-likeness (QED) is 0.0963. The van der Waals surface area contributed by atoms with E-state index < -0.39 is 35.1 Å². The van der Waals surface area contributed by atoms with Crippen LogP contribution in [0.4, 0.5) is 30.6 Å². The Morgan fingerprint density at radius 2 is 0.953 bits per heavy atom. The first kappa shape index (κ1) is 58.3. The van der Waals surface area contributed by atoms with E-state index in [1.807, 2.05) is 46.8 Å². The number of nitrogens with zero attached hydrogens (tertiary/aromatic N) is 20. The second-order valence-corrected chi connectivity index (χ2v) is 26.0. The van der Waals surface area contributed by atoms with Crippen molar-refractivity contribution in [3.05, 3.63) is 122 Å². The van der Waals surface area contributed by atoms with Crippen LogP contribution in [0.15, 0.2) is 55.4 Å². The van der Waals surface area contributed by atoms with E-state index in [0.717, 1.165) is 15.0 Å². The fourth-order valence-corrected chi connectivity index (χ4v) is 14.1. The van der Waals surface area contributed by atoms with Gasteiger partial charge in [-0.1, -0.05) is 0 Å². The number of thiazole rings is 3. The molecule has 442 valence electrons. The summed E-state index contributed by atoms with van der Waals surface area (Å²) < 4.78 is 51.3. The monoisotopic (exact) mass is 1220 g/mol. The Morgan fingerprint density at radius 3 is 1.37 bits per heavy atom. The maximum Gasteiger partial charge on any atom is 0.271 e. The van der Waals surface area contributed by atoms with Crippen LogP contribution < -0.4 is 20.0 Å². The number of piperazine rings is 3. The Bertz CT molecular complexity index is 4010. The highest BCUT2D eigenvalue weighted by Crippen LogP contribution is 2.37. The van der Waals surface area contributed by atoms with Crippen LogP contribution in [0.25, 0.3) is 31.0 Å². The van der Waals surface area contributed by atoms with Gasteiger partial charge in [-0.3, -0.25) is 19.5 Å². The van der Waals surface area contributed by atoms with Gasteiger partial charge in [-0.15, -0.1) is 34.0 Å². The number of fused-ring (bicyclic) bond motifs is 3. The number of carbonyl (C=O) groups excluding carboxylic acids is 1. The Hall–Kier alpha value is -8.12. The van der Waals surface area contributed by atoms with Gasteiger partial charge >= 0.3 is 0 Å². The summed E-state index contributed by atoms with van der Waals surface area (Å²) in [6, 6.07) is 7.28. The number of amides is 1. The first-order chi connectivity index (χ1) is 41.5. The predicted molar refractivity (Wildman–Crippen MR) is 321 cm³/mol. The van der Waals surface area contributed by atoms with Crippen LogP contribution in [0.5, 0.6) is 0 Å². The third-order valence-electron chi connectivity index (χ3n) is 15.8. The van der Waals surface area contributed by atoms with Crippen LogP contribution in [-0.2, 0) is 12.8 Å². The first-order valence-corrected chi connectivity index (χ1v) is 30.9. The van der Waals surface area contributed by atoms with Crippen molar-refractivity contribution in [3.8, 4) is 12.1 Å². The summed E-state index contributed by atoms with van der Waals surface area (Å²) in [4.78, 5) is 81.3. The topological polar surface area (TPSA) is 251 Å². The van der Waals surface area contributed by atoms with Gasteiger partial charge in [0.25, 0.3) is 5.91 Å². The summed E-state index contributed by atoms with van der Waals surface area (Å²) in [5, 5.41) is 23.6. The van der Waals surface area contributed by atoms with Crippen molar-refractivity contribution in [2.75, 3.05) is 93.2 Å². The lowest BCUT2D eigenvalue weighted by molar-refractivity contribution is 0.0914. The third-order valence-corrected chi connectivity index (χ3v) is 18.8. The lowest BCUT2D eigenvalue weighted by atomic mass is 10.0. The SMILES string of the molecule is Cc1nc2nc([C@@H](CCc3nc4nc(C(CCc5nc6nc(C(C)N7CCN(c8cnc(C#N)cn8)CC7)c(F)cc6s5)N5CCN(c6cnc(C(=O)NC(C)(C)C)cn6)CC5)c(F)cc4s3)N3CCN(c4cnc(C#N)cn4)CC3)c(F)cc2s1. The van der Waals surface area contributed by atoms with Gasteiger partial charge in [-0.2, -0.15) is 10.5 Å². The van der Waals surface area contributed by atoms with Crippen molar-refractivity contribution in [1.82, 2.24) is 79.8 Å². The Morgan fingerprint density at radius 1 is 0.547 bits per heavy atom. The number of nitrogens with one attached hydrogen (secondary N) is 1. The van der Waals surface area contributed by atoms with E-state index in [0.29, 0.717) is 164 Å². The molecule has 0 bridgehead atoms. The van der Waals surface area contributed by atoms with Gasteiger partial charge in [-0.25, -0.2) is 73.0 Å². The number of halogens is 3. The molecule has 22 nitrogen and oxygen atoms in total.